The van der Waals surface area contributed by atoms with Gasteiger partial charge in [0.25, 0.3) is 0 Å². The van der Waals surface area contributed by atoms with Crippen LogP contribution in [0.4, 0.5) is 0 Å². The second-order valence-corrected chi connectivity index (χ2v) is 30.5. The SMILES string of the molecule is C[N+](C)(Cc1cc(C[N+](C)(C)C(=O)c2ccccc2)cc(P(=O)(c2cc(C[N+](C)(C)C(=O)c3ccccc3)cc(C[N+](C)(C)C(=O)c3ccccc3)c2)c2cc(C[N+](C)(C)C(=O)c3ccccc3)cc(C[N+](C)(C)C(=O)c3ccccc3)c2)c1)C(=O)c1ccccc1. The maximum absolute atomic E-state index is 18.6. The Labute approximate surface area is 543 Å². The van der Waals surface area contributed by atoms with Crippen LogP contribution in [0.5, 0.6) is 0 Å². The van der Waals surface area contributed by atoms with Gasteiger partial charge < -0.3 is 4.57 Å². The van der Waals surface area contributed by atoms with Gasteiger partial charge in [0, 0.05) is 49.3 Å². The van der Waals surface area contributed by atoms with Gasteiger partial charge in [0.1, 0.15) is 39.3 Å². The van der Waals surface area contributed by atoms with Gasteiger partial charge in [-0.1, -0.05) is 109 Å². The van der Waals surface area contributed by atoms with Crippen LogP contribution in [0.2, 0.25) is 0 Å². The minimum Gasteiger partial charge on any atom is -0.309 e. The molecule has 0 unspecified atom stereocenters. The number of hydrogen-bond acceptors (Lipinski definition) is 7. The number of rotatable bonds is 21. The molecule has 0 aliphatic carbocycles. The van der Waals surface area contributed by atoms with Crippen molar-refractivity contribution in [1.29, 1.82) is 0 Å². The van der Waals surface area contributed by atoms with Crippen LogP contribution in [0.25, 0.3) is 0 Å². The number of quaternary nitrogens is 6. The lowest BCUT2D eigenvalue weighted by Gasteiger charge is -2.32. The van der Waals surface area contributed by atoms with Crippen LogP contribution in [-0.2, 0) is 43.8 Å². The Hall–Kier alpha value is -9.01. The number of benzene rings is 9. The quantitative estimate of drug-likeness (QED) is 0.0519. The monoisotopic (exact) mass is 1250 g/mol. The zero-order valence-corrected chi connectivity index (χ0v) is 56.1. The predicted octanol–water partition coefficient (Wildman–Crippen LogP) is 11.8. The molecule has 0 fully saturated rings. The van der Waals surface area contributed by atoms with Crippen LogP contribution in [0, 0.1) is 0 Å². The largest absolute Gasteiger partial charge is 0.345 e. The highest BCUT2D eigenvalue weighted by Crippen LogP contribution is 2.45. The first-order chi connectivity index (χ1) is 43.4. The smallest absolute Gasteiger partial charge is 0.309 e. The first-order valence-corrected chi connectivity index (χ1v) is 32.7. The van der Waals surface area contributed by atoms with E-state index in [1.807, 2.05) is 248 Å². The summed E-state index contributed by atoms with van der Waals surface area (Å²) in [6, 6.07) is 72.3. The normalized spacial score (nSPS) is 12.5. The molecule has 92 heavy (non-hydrogen) atoms. The number of hydrogen-bond donors (Lipinski definition) is 0. The van der Waals surface area contributed by atoms with Gasteiger partial charge in [-0.3, -0.25) is 26.9 Å². The van der Waals surface area contributed by atoms with E-state index in [4.69, 9.17) is 0 Å². The minimum absolute atomic E-state index is 0.118. The van der Waals surface area contributed by atoms with Crippen molar-refractivity contribution in [3.05, 3.63) is 303 Å². The van der Waals surface area contributed by atoms with Crippen molar-refractivity contribution in [3.63, 3.8) is 0 Å². The molecular weight excluding hydrogens is 1160 g/mol. The van der Waals surface area contributed by atoms with E-state index < -0.39 is 7.14 Å². The van der Waals surface area contributed by atoms with Crippen molar-refractivity contribution in [2.75, 3.05) is 84.6 Å². The third-order valence-corrected chi connectivity index (χ3v) is 20.0. The molecular formula is C78H87N6O7P+6. The first-order valence-electron chi connectivity index (χ1n) is 31.0. The molecule has 0 aliphatic heterocycles. The second kappa shape index (κ2) is 27.1. The number of carbonyl (C=O) groups excluding carboxylic acids is 6. The molecule has 0 spiro atoms. The molecule has 0 atom stereocenters. The van der Waals surface area contributed by atoms with Crippen LogP contribution >= 0.6 is 7.14 Å². The van der Waals surface area contributed by atoms with E-state index in [-0.39, 0.29) is 102 Å². The Morgan fingerprint density at radius 1 is 0.228 bits per heavy atom. The molecule has 0 N–H and O–H groups in total. The highest BCUT2D eigenvalue weighted by Gasteiger charge is 2.40. The van der Waals surface area contributed by atoms with Crippen molar-refractivity contribution in [2.45, 2.75) is 39.3 Å². The Balaban J connectivity index is 1.35. The van der Waals surface area contributed by atoms with Gasteiger partial charge in [-0.2, -0.15) is 0 Å². The van der Waals surface area contributed by atoms with Gasteiger partial charge in [0.05, 0.1) is 118 Å². The third kappa shape index (κ3) is 15.5. The molecule has 470 valence electrons. The molecule has 0 radical (unpaired) electrons. The highest BCUT2D eigenvalue weighted by molar-refractivity contribution is 7.85. The van der Waals surface area contributed by atoms with Gasteiger partial charge >= 0.3 is 35.4 Å². The van der Waals surface area contributed by atoms with Crippen LogP contribution in [-0.4, -0.2) is 147 Å². The predicted molar refractivity (Wildman–Crippen MR) is 365 cm³/mol. The van der Waals surface area contributed by atoms with E-state index in [0.717, 1.165) is 0 Å². The van der Waals surface area contributed by atoms with Crippen LogP contribution in [0.15, 0.2) is 237 Å². The van der Waals surface area contributed by atoms with E-state index in [1.165, 1.54) is 0 Å². The van der Waals surface area contributed by atoms with Crippen LogP contribution in [0.3, 0.4) is 0 Å². The summed E-state index contributed by atoms with van der Waals surface area (Å²) in [4.78, 5) is 88.1. The van der Waals surface area contributed by atoms with Crippen molar-refractivity contribution in [2.24, 2.45) is 0 Å². The molecule has 0 saturated carbocycles. The molecule has 14 heteroatoms. The third-order valence-electron chi connectivity index (χ3n) is 17.1. The topological polar surface area (TPSA) is 119 Å². The molecule has 9 aromatic carbocycles. The summed E-state index contributed by atoms with van der Waals surface area (Å²) in [5.41, 5.74) is 7.25. The zero-order valence-electron chi connectivity index (χ0n) is 55.2. The lowest BCUT2D eigenvalue weighted by molar-refractivity contribution is -0.822. The minimum atomic E-state index is -4.37. The van der Waals surface area contributed by atoms with E-state index in [9.17, 15) is 28.8 Å². The van der Waals surface area contributed by atoms with E-state index in [0.29, 0.717) is 82.7 Å². The van der Waals surface area contributed by atoms with E-state index in [1.54, 1.807) is 72.8 Å². The van der Waals surface area contributed by atoms with Crippen molar-refractivity contribution < 1.29 is 60.2 Å². The maximum atomic E-state index is 18.6. The standard InChI is InChI=1S/C78H87N6O7P/c1-79(2,73(85)64-31-19-13-20-32-64)52-58-43-59(53-80(3,4)74(86)65-33-21-14-22-34-65)47-70(46-58)92(91,71-48-60(54-81(5,6)75(87)66-35-23-15-24-36-66)44-61(49-71)55-82(7,8)76(88)67-37-25-16-26-38-67)72-50-62(56-83(9,10)77(89)68-39-27-17-28-40-68)45-63(51-72)57-84(11,12)78(90)69-41-29-18-30-42-69/h13-51H,52-57H2,1-12H3/q+6. The summed E-state index contributed by atoms with van der Waals surface area (Å²) in [6.45, 7) is 0.954. The maximum Gasteiger partial charge on any atom is 0.345 e. The second-order valence-electron chi connectivity index (χ2n) is 27.7. The summed E-state index contributed by atoms with van der Waals surface area (Å²) in [6.07, 6.45) is 0. The average molecular weight is 1250 g/mol. The molecule has 6 amide bonds. The number of carbonyl (C=O) groups is 6. The molecule has 0 saturated heterocycles. The molecule has 9 rings (SSSR count). The van der Waals surface area contributed by atoms with Gasteiger partial charge in [-0.25, -0.2) is 28.8 Å². The number of nitrogens with zero attached hydrogens (tertiary/aromatic N) is 6. The molecule has 13 nitrogen and oxygen atoms in total. The molecule has 9 aromatic rings. The summed E-state index contributed by atoms with van der Waals surface area (Å²) in [5.74, 6) is -0.839. The Morgan fingerprint density at radius 2 is 0.359 bits per heavy atom. The van der Waals surface area contributed by atoms with E-state index in [2.05, 4.69) is 0 Å². The highest BCUT2D eigenvalue weighted by atomic mass is 31.2. The fraction of sp³-hybridized carbons (Fsp3) is 0.231. The Kier molecular flexibility index (Phi) is 19.8. The summed E-state index contributed by atoms with van der Waals surface area (Å²) < 4.78 is 17.9. The molecule has 0 aromatic heterocycles. The Morgan fingerprint density at radius 3 is 0.489 bits per heavy atom. The van der Waals surface area contributed by atoms with Crippen molar-refractivity contribution in [1.82, 2.24) is 0 Å². The fourth-order valence-corrected chi connectivity index (χ4v) is 15.5. The summed E-state index contributed by atoms with van der Waals surface area (Å²) >= 11 is 0. The van der Waals surface area contributed by atoms with Crippen molar-refractivity contribution in [3.8, 4) is 0 Å². The average Bonchev–Trinajstić information content (AvgIpc) is 0.806. The number of amides is 6. The lowest BCUT2D eigenvalue weighted by atomic mass is 10.1. The summed E-state index contributed by atoms with van der Waals surface area (Å²) in [5, 5.41) is 1.21. The van der Waals surface area contributed by atoms with Gasteiger partial charge in [0.15, 0.2) is 7.14 Å². The first kappa shape index (κ1) is 67.4. The molecule has 0 heterocycles. The molecule has 0 aliphatic rings. The van der Waals surface area contributed by atoms with Gasteiger partial charge in [-0.15, -0.1) is 0 Å². The lowest BCUT2D eigenvalue weighted by Crippen LogP contribution is -2.46. The zero-order chi connectivity index (χ0) is 66.4. The van der Waals surface area contributed by atoms with Crippen LogP contribution in [0.1, 0.15) is 95.5 Å². The summed E-state index contributed by atoms with van der Waals surface area (Å²) in [7, 11) is 17.9. The van der Waals surface area contributed by atoms with Gasteiger partial charge in [0.2, 0.25) is 0 Å². The van der Waals surface area contributed by atoms with Gasteiger partial charge in [-0.05, 0) is 127 Å². The van der Waals surface area contributed by atoms with E-state index >= 15 is 4.57 Å². The molecule has 0 bridgehead atoms. The fourth-order valence-electron chi connectivity index (χ4n) is 12.5. The Bertz CT molecular complexity index is 3560. The van der Waals surface area contributed by atoms with Crippen molar-refractivity contribution >= 4 is 58.5 Å². The van der Waals surface area contributed by atoms with Crippen LogP contribution < -0.4 is 15.9 Å².